The highest BCUT2D eigenvalue weighted by molar-refractivity contribution is 9.11. The summed E-state index contributed by atoms with van der Waals surface area (Å²) in [5.74, 6) is -0.779. The van der Waals surface area contributed by atoms with Gasteiger partial charge in [0.05, 0.1) is 27.4 Å². The molecule has 6 nitrogen and oxygen atoms in total. The predicted octanol–water partition coefficient (Wildman–Crippen LogP) is 3.85. The third-order valence-electron chi connectivity index (χ3n) is 4.06. The van der Waals surface area contributed by atoms with Crippen LogP contribution in [0.3, 0.4) is 0 Å². The van der Waals surface area contributed by atoms with Crippen LogP contribution in [0.5, 0.6) is 5.75 Å². The lowest BCUT2D eigenvalue weighted by Gasteiger charge is -2.15. The quantitative estimate of drug-likeness (QED) is 0.708. The molecule has 1 saturated carbocycles. The first-order valence-electron chi connectivity index (χ1n) is 7.34. The third kappa shape index (κ3) is 3.47. The minimum absolute atomic E-state index is 0.00847. The van der Waals surface area contributed by atoms with Gasteiger partial charge in [0.25, 0.3) is 15.9 Å². The van der Waals surface area contributed by atoms with Crippen molar-refractivity contribution in [2.75, 3.05) is 7.11 Å². The van der Waals surface area contributed by atoms with E-state index in [9.17, 15) is 18.5 Å². The molecule has 10 heteroatoms. The van der Waals surface area contributed by atoms with Gasteiger partial charge in [0.2, 0.25) is 0 Å². The summed E-state index contributed by atoms with van der Waals surface area (Å²) in [4.78, 5) is 12.6. The zero-order chi connectivity index (χ0) is 19.1. The Morgan fingerprint density at radius 3 is 2.62 bits per heavy atom. The molecule has 1 fully saturated rings. The molecule has 26 heavy (non-hydrogen) atoms. The second-order valence-electron chi connectivity index (χ2n) is 5.72. The van der Waals surface area contributed by atoms with Crippen molar-refractivity contribution >= 4 is 54.8 Å². The summed E-state index contributed by atoms with van der Waals surface area (Å²) in [6, 6.07) is 8.28. The molecule has 0 bridgehead atoms. The van der Waals surface area contributed by atoms with Crippen molar-refractivity contribution in [3.63, 3.8) is 0 Å². The van der Waals surface area contributed by atoms with Gasteiger partial charge in [-0.15, -0.1) is 11.3 Å². The molecule has 3 rings (SSSR count). The van der Waals surface area contributed by atoms with Crippen LogP contribution >= 0.6 is 38.9 Å². The van der Waals surface area contributed by atoms with Crippen molar-refractivity contribution in [2.45, 2.75) is 22.5 Å². The Morgan fingerprint density at radius 1 is 1.42 bits per heavy atom. The van der Waals surface area contributed by atoms with Gasteiger partial charge in [0.15, 0.2) is 0 Å². The van der Waals surface area contributed by atoms with Gasteiger partial charge < -0.3 is 4.74 Å². The van der Waals surface area contributed by atoms with Gasteiger partial charge in [0, 0.05) is 0 Å². The lowest BCUT2D eigenvalue weighted by Crippen LogP contribution is -2.30. The molecule has 0 unspecified atom stereocenters. The van der Waals surface area contributed by atoms with Crippen LogP contribution in [-0.2, 0) is 15.4 Å². The van der Waals surface area contributed by atoms with Crippen molar-refractivity contribution in [3.05, 3.63) is 44.2 Å². The lowest BCUT2D eigenvalue weighted by atomic mass is 9.96. The predicted molar refractivity (Wildman–Crippen MR) is 101 cm³/mol. The number of amides is 1. The van der Waals surface area contributed by atoms with Crippen LogP contribution in [-0.4, -0.2) is 21.4 Å². The van der Waals surface area contributed by atoms with E-state index in [1.807, 2.05) is 4.72 Å². The average Bonchev–Trinajstić information content (AvgIpc) is 3.27. The zero-order valence-corrected chi connectivity index (χ0v) is 17.4. The number of thiophene rings is 1. The molecule has 0 spiro atoms. The van der Waals surface area contributed by atoms with E-state index < -0.39 is 21.3 Å². The second-order valence-corrected chi connectivity index (χ2v) is 10.5. The number of carbonyl (C=O) groups is 1. The van der Waals surface area contributed by atoms with E-state index in [2.05, 4.69) is 22.0 Å². The number of nitrogens with one attached hydrogen (secondary N) is 1. The van der Waals surface area contributed by atoms with Crippen LogP contribution in [0.15, 0.2) is 32.3 Å². The normalized spacial score (nSPS) is 15.2. The summed E-state index contributed by atoms with van der Waals surface area (Å²) < 4.78 is 32.5. The molecule has 1 aromatic carbocycles. The first-order valence-corrected chi connectivity index (χ1v) is 10.8. The number of hydrogen-bond donors (Lipinski definition) is 1. The summed E-state index contributed by atoms with van der Waals surface area (Å²) in [5.41, 5.74) is -0.0457. The number of hydrogen-bond acceptors (Lipinski definition) is 6. The summed E-state index contributed by atoms with van der Waals surface area (Å²) >= 11 is 10.4. The first-order chi connectivity index (χ1) is 12.2. The highest BCUT2D eigenvalue weighted by Crippen LogP contribution is 2.49. The number of nitrogens with zero attached hydrogens (tertiary/aromatic N) is 1. The number of benzene rings is 1. The summed E-state index contributed by atoms with van der Waals surface area (Å²) in [7, 11) is -2.69. The molecule has 0 saturated heterocycles. The van der Waals surface area contributed by atoms with Gasteiger partial charge >= 0.3 is 0 Å². The maximum Gasteiger partial charge on any atom is 0.273 e. The fourth-order valence-electron chi connectivity index (χ4n) is 2.49. The van der Waals surface area contributed by atoms with E-state index in [0.29, 0.717) is 22.2 Å². The molecule has 1 amide bonds. The molecule has 0 atom stereocenters. The second kappa shape index (κ2) is 6.85. The number of nitriles is 1. The smallest absolute Gasteiger partial charge is 0.273 e. The van der Waals surface area contributed by atoms with E-state index in [0.717, 1.165) is 11.3 Å². The largest absolute Gasteiger partial charge is 0.496 e. The maximum absolute atomic E-state index is 12.6. The van der Waals surface area contributed by atoms with Crippen molar-refractivity contribution in [3.8, 4) is 11.8 Å². The maximum atomic E-state index is 12.6. The van der Waals surface area contributed by atoms with Gasteiger partial charge in [-0.3, -0.25) is 4.79 Å². The molecule has 2 aromatic rings. The van der Waals surface area contributed by atoms with Crippen molar-refractivity contribution in [1.82, 2.24) is 4.72 Å². The molecule has 1 N–H and O–H groups in total. The number of rotatable bonds is 5. The first kappa shape index (κ1) is 19.2. The number of methoxy groups -OCH3 is 1. The Morgan fingerprint density at radius 2 is 2.12 bits per heavy atom. The lowest BCUT2D eigenvalue weighted by molar-refractivity contribution is 0.0978. The fraction of sp³-hybridized carbons (Fsp3) is 0.250. The Kier molecular flexibility index (Phi) is 5.05. The Labute approximate surface area is 167 Å². The van der Waals surface area contributed by atoms with Crippen molar-refractivity contribution in [2.24, 2.45) is 0 Å². The Bertz CT molecular complexity index is 1040. The van der Waals surface area contributed by atoms with Crippen molar-refractivity contribution in [1.29, 1.82) is 5.26 Å². The number of sulfonamides is 1. The third-order valence-corrected chi connectivity index (χ3v) is 7.80. The topological polar surface area (TPSA) is 96.3 Å². The van der Waals surface area contributed by atoms with Crippen LogP contribution in [0.2, 0.25) is 5.02 Å². The van der Waals surface area contributed by atoms with Gasteiger partial charge in [-0.25, -0.2) is 13.1 Å². The molecular weight excluding hydrogens is 464 g/mol. The molecule has 1 aliphatic rings. The highest BCUT2D eigenvalue weighted by atomic mass is 79.9. The van der Waals surface area contributed by atoms with E-state index in [1.165, 1.54) is 19.2 Å². The number of carbonyl (C=O) groups excluding carboxylic acids is 1. The van der Waals surface area contributed by atoms with Gasteiger partial charge in [-0.1, -0.05) is 11.6 Å². The van der Waals surface area contributed by atoms with E-state index in [1.54, 1.807) is 12.1 Å². The van der Waals surface area contributed by atoms with E-state index >= 15 is 0 Å². The molecular formula is C16H12BrClN2O4S2. The summed E-state index contributed by atoms with van der Waals surface area (Å²) in [6.45, 7) is 0. The summed E-state index contributed by atoms with van der Waals surface area (Å²) in [6.07, 6.45) is 1.41. The Hall–Kier alpha value is -1.60. The van der Waals surface area contributed by atoms with Crippen LogP contribution in [0, 0.1) is 11.3 Å². The van der Waals surface area contributed by atoms with Gasteiger partial charge in [-0.05, 0) is 58.6 Å². The van der Waals surface area contributed by atoms with Crippen LogP contribution in [0.4, 0.5) is 0 Å². The Balaban J connectivity index is 1.96. The fourth-order valence-corrected chi connectivity index (χ4v) is 5.76. The van der Waals surface area contributed by atoms with Crippen LogP contribution in [0.1, 0.15) is 28.8 Å². The van der Waals surface area contributed by atoms with Crippen LogP contribution in [0.25, 0.3) is 0 Å². The molecule has 1 heterocycles. The molecule has 0 radical (unpaired) electrons. The average molecular weight is 476 g/mol. The highest BCUT2D eigenvalue weighted by Gasteiger charge is 2.45. The zero-order valence-electron chi connectivity index (χ0n) is 13.4. The molecule has 1 aromatic heterocycles. The minimum Gasteiger partial charge on any atom is -0.496 e. The van der Waals surface area contributed by atoms with Crippen LogP contribution < -0.4 is 9.46 Å². The molecule has 136 valence electrons. The number of ether oxygens (including phenoxy) is 1. The molecule has 0 aliphatic heterocycles. The van der Waals surface area contributed by atoms with Gasteiger partial charge in [0.1, 0.15) is 15.5 Å². The SMILES string of the molecule is COc1cc(C2(C#N)CC2)cc(Cl)c1C(=O)NS(=O)(=O)c1ccc(Br)s1. The number of halogens is 2. The minimum atomic E-state index is -4.04. The van der Waals surface area contributed by atoms with E-state index in [-0.39, 0.29) is 20.5 Å². The summed E-state index contributed by atoms with van der Waals surface area (Å²) in [5, 5.41) is 9.36. The van der Waals surface area contributed by atoms with Crippen molar-refractivity contribution < 1.29 is 17.9 Å². The molecule has 1 aliphatic carbocycles. The standard InChI is InChI=1S/C16H12BrClN2O4S2/c1-24-11-7-9(16(8-19)4-5-16)6-10(18)14(11)15(21)20-26(22,23)13-3-2-12(17)25-13/h2-3,6-7H,4-5H2,1H3,(H,20,21). The van der Waals surface area contributed by atoms with Gasteiger partial charge in [-0.2, -0.15) is 5.26 Å². The monoisotopic (exact) mass is 474 g/mol. The van der Waals surface area contributed by atoms with E-state index in [4.69, 9.17) is 16.3 Å².